The Morgan fingerprint density at radius 2 is 2.06 bits per heavy atom. The highest BCUT2D eigenvalue weighted by atomic mass is 35.5. The highest BCUT2D eigenvalue weighted by molar-refractivity contribution is 6.30. The molecule has 0 bridgehead atoms. The third-order valence-electron chi connectivity index (χ3n) is 2.80. The van der Waals surface area contributed by atoms with Gasteiger partial charge in [0.25, 0.3) is 0 Å². The van der Waals surface area contributed by atoms with Gasteiger partial charge in [-0.05, 0) is 42.0 Å². The van der Waals surface area contributed by atoms with Crippen LogP contribution in [0.1, 0.15) is 32.8 Å². The highest BCUT2D eigenvalue weighted by Crippen LogP contribution is 2.27. The van der Waals surface area contributed by atoms with E-state index < -0.39 is 0 Å². The molecule has 0 aliphatic heterocycles. The molecule has 0 fully saturated rings. The van der Waals surface area contributed by atoms with E-state index in [0.717, 1.165) is 29.2 Å². The fraction of sp³-hybridized carbons (Fsp3) is 0.571. The van der Waals surface area contributed by atoms with Crippen molar-refractivity contribution in [2.45, 2.75) is 39.7 Å². The van der Waals surface area contributed by atoms with E-state index in [2.05, 4.69) is 26.2 Å². The molecule has 0 heterocycles. The lowest BCUT2D eigenvalue weighted by Crippen LogP contribution is -2.39. The van der Waals surface area contributed by atoms with Gasteiger partial charge in [-0.25, -0.2) is 0 Å². The van der Waals surface area contributed by atoms with Crippen LogP contribution in [0.5, 0.6) is 5.75 Å². The molecule has 18 heavy (non-hydrogen) atoms. The van der Waals surface area contributed by atoms with Crippen LogP contribution in [0.3, 0.4) is 0 Å². The van der Waals surface area contributed by atoms with Gasteiger partial charge in [0.05, 0.1) is 7.11 Å². The normalized spacial score (nSPS) is 13.4. The number of hydrazine groups is 1. The van der Waals surface area contributed by atoms with Gasteiger partial charge in [0.15, 0.2) is 0 Å². The largest absolute Gasteiger partial charge is 0.496 e. The smallest absolute Gasteiger partial charge is 0.122 e. The molecule has 0 amide bonds. The summed E-state index contributed by atoms with van der Waals surface area (Å²) in [5.41, 5.74) is 4.19. The Bertz CT molecular complexity index is 388. The van der Waals surface area contributed by atoms with Crippen molar-refractivity contribution in [3.05, 3.63) is 28.8 Å². The highest BCUT2D eigenvalue weighted by Gasteiger charge is 2.19. The van der Waals surface area contributed by atoms with Crippen molar-refractivity contribution in [1.82, 2.24) is 5.43 Å². The molecule has 3 nitrogen and oxygen atoms in total. The molecule has 0 aromatic heterocycles. The molecule has 3 N–H and O–H groups in total. The molecule has 0 radical (unpaired) electrons. The average Bonchev–Trinajstić information content (AvgIpc) is 2.26. The summed E-state index contributed by atoms with van der Waals surface area (Å²) >= 11 is 6.03. The van der Waals surface area contributed by atoms with E-state index in [4.69, 9.17) is 22.2 Å². The summed E-state index contributed by atoms with van der Waals surface area (Å²) in [5, 5.41) is 0.720. The first-order chi connectivity index (χ1) is 8.35. The Morgan fingerprint density at radius 1 is 1.39 bits per heavy atom. The van der Waals surface area contributed by atoms with Gasteiger partial charge in [-0.1, -0.05) is 32.4 Å². The van der Waals surface area contributed by atoms with Crippen LogP contribution >= 0.6 is 11.6 Å². The second-order valence-electron chi connectivity index (χ2n) is 5.79. The summed E-state index contributed by atoms with van der Waals surface area (Å²) in [6.45, 7) is 6.60. The predicted octanol–water partition coefficient (Wildman–Crippen LogP) is 3.16. The summed E-state index contributed by atoms with van der Waals surface area (Å²) < 4.78 is 5.35. The standard InChI is InChI=1S/C14H23ClN2O/c1-14(2,3)9-12(17-16)8-10-7-11(15)5-6-13(10)18-4/h5-7,12,17H,8-9,16H2,1-4H3. The van der Waals surface area contributed by atoms with Gasteiger partial charge in [-0.15, -0.1) is 0 Å². The molecule has 0 aliphatic carbocycles. The molecule has 1 unspecified atom stereocenters. The number of methoxy groups -OCH3 is 1. The number of hydrogen-bond acceptors (Lipinski definition) is 3. The van der Waals surface area contributed by atoms with Gasteiger partial charge in [0.2, 0.25) is 0 Å². The maximum atomic E-state index is 6.03. The third kappa shape index (κ3) is 4.84. The minimum absolute atomic E-state index is 0.206. The van der Waals surface area contributed by atoms with Crippen molar-refractivity contribution in [3.63, 3.8) is 0 Å². The molecule has 1 atom stereocenters. The van der Waals surface area contributed by atoms with E-state index >= 15 is 0 Å². The maximum absolute atomic E-state index is 6.03. The van der Waals surface area contributed by atoms with Gasteiger partial charge >= 0.3 is 0 Å². The number of benzene rings is 1. The second-order valence-corrected chi connectivity index (χ2v) is 6.23. The quantitative estimate of drug-likeness (QED) is 0.638. The van der Waals surface area contributed by atoms with Crippen LogP contribution in [0, 0.1) is 5.41 Å². The molecule has 0 saturated heterocycles. The van der Waals surface area contributed by atoms with Crippen LogP contribution in [-0.2, 0) is 6.42 Å². The Hall–Kier alpha value is -0.770. The van der Waals surface area contributed by atoms with E-state index in [9.17, 15) is 0 Å². The van der Waals surface area contributed by atoms with Gasteiger partial charge in [-0.3, -0.25) is 11.3 Å². The molecule has 0 aliphatic rings. The molecular formula is C14H23ClN2O. The van der Waals surface area contributed by atoms with Crippen molar-refractivity contribution in [3.8, 4) is 5.75 Å². The molecule has 0 spiro atoms. The van der Waals surface area contributed by atoms with Crippen LogP contribution in [0.15, 0.2) is 18.2 Å². The summed E-state index contributed by atoms with van der Waals surface area (Å²) in [6, 6.07) is 5.87. The zero-order chi connectivity index (χ0) is 13.8. The zero-order valence-corrected chi connectivity index (χ0v) is 12.3. The average molecular weight is 271 g/mol. The number of halogens is 1. The Morgan fingerprint density at radius 3 is 2.56 bits per heavy atom. The first kappa shape index (κ1) is 15.3. The van der Waals surface area contributed by atoms with Crippen molar-refractivity contribution < 1.29 is 4.74 Å². The third-order valence-corrected chi connectivity index (χ3v) is 3.04. The second kappa shape index (κ2) is 6.41. The minimum Gasteiger partial charge on any atom is -0.496 e. The van der Waals surface area contributed by atoms with Gasteiger partial charge in [-0.2, -0.15) is 0 Å². The monoisotopic (exact) mass is 270 g/mol. The summed E-state index contributed by atoms with van der Waals surface area (Å²) in [4.78, 5) is 0. The van der Waals surface area contributed by atoms with E-state index in [0.29, 0.717) is 0 Å². The van der Waals surface area contributed by atoms with Crippen molar-refractivity contribution in [2.75, 3.05) is 7.11 Å². The first-order valence-electron chi connectivity index (χ1n) is 6.14. The number of hydrogen-bond donors (Lipinski definition) is 2. The minimum atomic E-state index is 0.206. The SMILES string of the molecule is COc1ccc(Cl)cc1CC(CC(C)(C)C)NN. The number of nitrogens with one attached hydrogen (secondary N) is 1. The lowest BCUT2D eigenvalue weighted by atomic mass is 9.86. The summed E-state index contributed by atoms with van der Waals surface area (Å²) in [5.74, 6) is 6.49. The zero-order valence-electron chi connectivity index (χ0n) is 11.6. The van der Waals surface area contributed by atoms with Crippen LogP contribution in [-0.4, -0.2) is 13.2 Å². The fourth-order valence-electron chi connectivity index (χ4n) is 2.10. The summed E-state index contributed by atoms with van der Waals surface area (Å²) in [7, 11) is 1.67. The predicted molar refractivity (Wildman–Crippen MR) is 76.9 cm³/mol. The Balaban J connectivity index is 2.84. The van der Waals surface area contributed by atoms with Crippen molar-refractivity contribution >= 4 is 11.6 Å². The van der Waals surface area contributed by atoms with Crippen LogP contribution in [0.25, 0.3) is 0 Å². The lowest BCUT2D eigenvalue weighted by Gasteiger charge is -2.26. The van der Waals surface area contributed by atoms with Crippen LogP contribution in [0.4, 0.5) is 0 Å². The number of nitrogens with two attached hydrogens (primary N) is 1. The van der Waals surface area contributed by atoms with Crippen molar-refractivity contribution in [1.29, 1.82) is 0 Å². The lowest BCUT2D eigenvalue weighted by molar-refractivity contribution is 0.306. The topological polar surface area (TPSA) is 47.3 Å². The Labute approximate surface area is 115 Å². The van der Waals surface area contributed by atoms with E-state index in [1.807, 2.05) is 18.2 Å². The summed E-state index contributed by atoms with van der Waals surface area (Å²) in [6.07, 6.45) is 1.79. The molecule has 0 saturated carbocycles. The maximum Gasteiger partial charge on any atom is 0.122 e. The van der Waals surface area contributed by atoms with E-state index in [1.54, 1.807) is 7.11 Å². The fourth-order valence-corrected chi connectivity index (χ4v) is 2.30. The van der Waals surface area contributed by atoms with Gasteiger partial charge in [0.1, 0.15) is 5.75 Å². The molecule has 4 heteroatoms. The first-order valence-corrected chi connectivity index (χ1v) is 6.52. The van der Waals surface area contributed by atoms with Gasteiger partial charge < -0.3 is 4.74 Å². The van der Waals surface area contributed by atoms with Crippen LogP contribution in [0.2, 0.25) is 5.02 Å². The van der Waals surface area contributed by atoms with E-state index in [-0.39, 0.29) is 11.5 Å². The van der Waals surface area contributed by atoms with Crippen LogP contribution < -0.4 is 16.0 Å². The molecular weight excluding hydrogens is 248 g/mol. The van der Waals surface area contributed by atoms with E-state index in [1.165, 1.54) is 0 Å². The van der Waals surface area contributed by atoms with Crippen molar-refractivity contribution in [2.24, 2.45) is 11.3 Å². The molecule has 102 valence electrons. The number of ether oxygens (including phenoxy) is 1. The Kier molecular flexibility index (Phi) is 5.45. The number of rotatable bonds is 5. The molecule has 1 aromatic carbocycles. The molecule has 1 rings (SSSR count). The molecule has 1 aromatic rings. The van der Waals surface area contributed by atoms with Gasteiger partial charge in [0, 0.05) is 11.1 Å².